The highest BCUT2D eigenvalue weighted by molar-refractivity contribution is 9.10. The zero-order chi connectivity index (χ0) is 17.7. The Morgan fingerprint density at radius 1 is 1.29 bits per heavy atom. The molecule has 8 heteroatoms. The highest BCUT2D eigenvalue weighted by atomic mass is 79.9. The molecule has 0 unspecified atom stereocenters. The van der Waals surface area contributed by atoms with Crippen LogP contribution in [0.3, 0.4) is 0 Å². The largest absolute Gasteiger partial charge is 0.431 e. The van der Waals surface area contributed by atoms with Gasteiger partial charge in [-0.1, -0.05) is 23.7 Å². The first-order valence-electron chi connectivity index (χ1n) is 6.53. The number of amides is 1. The lowest BCUT2D eigenvalue weighted by Crippen LogP contribution is -2.11. The summed E-state index contributed by atoms with van der Waals surface area (Å²) in [7, 11) is 0. The van der Waals surface area contributed by atoms with Crippen molar-refractivity contribution in [2.24, 2.45) is 0 Å². The summed E-state index contributed by atoms with van der Waals surface area (Å²) < 4.78 is 42.6. The molecule has 0 atom stereocenters. The Bertz CT molecular complexity index is 784. The van der Waals surface area contributed by atoms with E-state index in [1.807, 2.05) is 0 Å². The van der Waals surface area contributed by atoms with Gasteiger partial charge in [0.1, 0.15) is 5.82 Å². The third-order valence-electron chi connectivity index (χ3n) is 2.75. The smallest absolute Gasteiger partial charge is 0.387 e. The molecule has 1 amide bonds. The van der Waals surface area contributed by atoms with E-state index in [1.54, 1.807) is 6.07 Å². The zero-order valence-corrected chi connectivity index (χ0v) is 14.2. The van der Waals surface area contributed by atoms with Crippen molar-refractivity contribution in [1.29, 1.82) is 0 Å². The molecule has 0 saturated carbocycles. The van der Waals surface area contributed by atoms with Crippen LogP contribution in [0.2, 0.25) is 5.02 Å². The maximum absolute atomic E-state index is 13.1. The number of nitrogens with one attached hydrogen (secondary N) is 1. The normalized spacial score (nSPS) is 11.1. The second-order valence-electron chi connectivity index (χ2n) is 4.52. The quantitative estimate of drug-likeness (QED) is 0.649. The van der Waals surface area contributed by atoms with E-state index in [2.05, 4.69) is 26.0 Å². The molecule has 0 heterocycles. The molecule has 24 heavy (non-hydrogen) atoms. The summed E-state index contributed by atoms with van der Waals surface area (Å²) in [5, 5.41) is 2.61. The van der Waals surface area contributed by atoms with Crippen molar-refractivity contribution in [3.8, 4) is 5.75 Å². The molecule has 0 bridgehead atoms. The lowest BCUT2D eigenvalue weighted by atomic mass is 10.2. The molecule has 3 nitrogen and oxygen atoms in total. The van der Waals surface area contributed by atoms with Crippen molar-refractivity contribution >= 4 is 45.2 Å². The van der Waals surface area contributed by atoms with Crippen LogP contribution >= 0.6 is 27.5 Å². The topological polar surface area (TPSA) is 38.3 Å². The Balaban J connectivity index is 2.19. The summed E-state index contributed by atoms with van der Waals surface area (Å²) in [5.41, 5.74) is 0.449. The van der Waals surface area contributed by atoms with Crippen LogP contribution in [0.1, 0.15) is 5.56 Å². The monoisotopic (exact) mass is 419 g/mol. The van der Waals surface area contributed by atoms with E-state index in [4.69, 9.17) is 11.6 Å². The third kappa shape index (κ3) is 5.28. The van der Waals surface area contributed by atoms with Crippen molar-refractivity contribution in [2.45, 2.75) is 6.61 Å². The first-order chi connectivity index (χ1) is 11.3. The van der Waals surface area contributed by atoms with Gasteiger partial charge in [0.15, 0.2) is 5.75 Å². The Morgan fingerprint density at radius 3 is 2.71 bits per heavy atom. The molecule has 0 saturated heterocycles. The van der Waals surface area contributed by atoms with Gasteiger partial charge in [-0.25, -0.2) is 4.39 Å². The number of anilines is 1. The molecule has 2 aromatic carbocycles. The summed E-state index contributed by atoms with van der Waals surface area (Å²) >= 11 is 8.89. The number of rotatable bonds is 5. The van der Waals surface area contributed by atoms with Crippen LogP contribution in [0.4, 0.5) is 18.9 Å². The lowest BCUT2D eigenvalue weighted by molar-refractivity contribution is -0.111. The minimum absolute atomic E-state index is 0.0245. The maximum atomic E-state index is 13.1. The molecule has 1 N–H and O–H groups in total. The van der Waals surface area contributed by atoms with E-state index >= 15 is 0 Å². The van der Waals surface area contributed by atoms with E-state index in [9.17, 15) is 18.0 Å². The van der Waals surface area contributed by atoms with Crippen molar-refractivity contribution < 1.29 is 22.7 Å². The van der Waals surface area contributed by atoms with Gasteiger partial charge in [0.25, 0.3) is 0 Å². The molecular weight excluding hydrogens is 411 g/mol. The van der Waals surface area contributed by atoms with Crippen molar-refractivity contribution in [3.05, 3.63) is 63.4 Å². The Morgan fingerprint density at radius 2 is 2.04 bits per heavy atom. The number of carbonyl (C=O) groups is 1. The predicted octanol–water partition coefficient (Wildman–Crippen LogP) is 5.49. The second kappa shape index (κ2) is 8.21. The van der Waals surface area contributed by atoms with Crippen LogP contribution < -0.4 is 10.1 Å². The van der Waals surface area contributed by atoms with Crippen LogP contribution in [-0.2, 0) is 4.79 Å². The highest BCUT2D eigenvalue weighted by Crippen LogP contribution is 2.37. The SMILES string of the molecule is O=C(/C=C/c1cccc(F)c1)Nc1cc(Cl)cc(Br)c1OC(F)F. The fourth-order valence-electron chi connectivity index (χ4n) is 1.82. The first-order valence-corrected chi connectivity index (χ1v) is 7.71. The van der Waals surface area contributed by atoms with Gasteiger partial charge in [0, 0.05) is 11.1 Å². The lowest BCUT2D eigenvalue weighted by Gasteiger charge is -2.13. The van der Waals surface area contributed by atoms with E-state index in [0.717, 1.165) is 6.08 Å². The molecular formula is C16H10BrClF3NO2. The summed E-state index contributed by atoms with van der Waals surface area (Å²) in [4.78, 5) is 11.9. The first kappa shape index (κ1) is 18.4. The average molecular weight is 421 g/mol. The van der Waals surface area contributed by atoms with E-state index < -0.39 is 18.3 Å². The van der Waals surface area contributed by atoms with Crippen molar-refractivity contribution in [2.75, 3.05) is 5.32 Å². The molecule has 0 fully saturated rings. The van der Waals surface area contributed by atoms with Gasteiger partial charge in [-0.05, 0) is 51.8 Å². The number of ether oxygens (including phenoxy) is 1. The Labute approximate surface area is 149 Å². The number of hydrogen-bond donors (Lipinski definition) is 1. The van der Waals surface area contributed by atoms with Crippen LogP contribution in [0.5, 0.6) is 5.75 Å². The highest BCUT2D eigenvalue weighted by Gasteiger charge is 2.16. The molecule has 2 aromatic rings. The van der Waals surface area contributed by atoms with Gasteiger partial charge >= 0.3 is 6.61 Å². The number of carbonyl (C=O) groups excluding carboxylic acids is 1. The number of hydrogen-bond acceptors (Lipinski definition) is 2. The second-order valence-corrected chi connectivity index (χ2v) is 5.81. The Kier molecular flexibility index (Phi) is 6.28. The van der Waals surface area contributed by atoms with Gasteiger partial charge in [-0.3, -0.25) is 4.79 Å². The molecule has 0 aliphatic rings. The van der Waals surface area contributed by atoms with Crippen molar-refractivity contribution in [3.63, 3.8) is 0 Å². The standard InChI is InChI=1S/C16H10BrClF3NO2/c17-12-7-10(18)8-13(15(12)24-16(20)21)22-14(23)5-4-9-2-1-3-11(19)6-9/h1-8,16H,(H,22,23)/b5-4+. The van der Waals surface area contributed by atoms with Gasteiger partial charge in [-0.2, -0.15) is 8.78 Å². The molecule has 0 spiro atoms. The van der Waals surface area contributed by atoms with Gasteiger partial charge in [0.2, 0.25) is 5.91 Å². The summed E-state index contributed by atoms with van der Waals surface area (Å²) in [6.07, 6.45) is 2.52. The van der Waals surface area contributed by atoms with Gasteiger partial charge in [-0.15, -0.1) is 0 Å². The summed E-state index contributed by atoms with van der Waals surface area (Å²) in [6, 6.07) is 8.25. The number of alkyl halides is 2. The molecule has 0 aromatic heterocycles. The molecule has 0 radical (unpaired) electrons. The molecule has 2 rings (SSSR count). The van der Waals surface area contributed by atoms with E-state index in [1.165, 1.54) is 36.4 Å². The van der Waals surface area contributed by atoms with Crippen molar-refractivity contribution in [1.82, 2.24) is 0 Å². The zero-order valence-electron chi connectivity index (χ0n) is 11.9. The summed E-state index contributed by atoms with van der Waals surface area (Å²) in [6.45, 7) is -3.07. The predicted molar refractivity (Wildman–Crippen MR) is 89.8 cm³/mol. The molecule has 126 valence electrons. The van der Waals surface area contributed by atoms with E-state index in [-0.39, 0.29) is 20.9 Å². The third-order valence-corrected chi connectivity index (χ3v) is 3.56. The Hall–Kier alpha value is -1.99. The van der Waals surface area contributed by atoms with Crippen LogP contribution in [0.15, 0.2) is 46.9 Å². The fraction of sp³-hybridized carbons (Fsp3) is 0.0625. The minimum atomic E-state index is -3.07. The van der Waals surface area contributed by atoms with Crippen LogP contribution in [-0.4, -0.2) is 12.5 Å². The number of halogens is 5. The van der Waals surface area contributed by atoms with E-state index in [0.29, 0.717) is 5.56 Å². The maximum Gasteiger partial charge on any atom is 0.387 e. The fourth-order valence-corrected chi connectivity index (χ4v) is 2.72. The molecule has 0 aliphatic carbocycles. The average Bonchev–Trinajstić information content (AvgIpc) is 2.48. The number of benzene rings is 2. The van der Waals surface area contributed by atoms with Crippen LogP contribution in [0.25, 0.3) is 6.08 Å². The van der Waals surface area contributed by atoms with Crippen LogP contribution in [0, 0.1) is 5.82 Å². The van der Waals surface area contributed by atoms with Gasteiger partial charge < -0.3 is 10.1 Å². The minimum Gasteiger partial charge on any atom is -0.431 e. The summed E-state index contributed by atoms with van der Waals surface area (Å²) in [5.74, 6) is -1.31. The molecule has 0 aliphatic heterocycles. The van der Waals surface area contributed by atoms with Gasteiger partial charge in [0.05, 0.1) is 10.2 Å².